The average molecular weight is 376 g/mol. The average Bonchev–Trinajstić information content (AvgIpc) is 2.86. The Morgan fingerprint density at radius 2 is 1.93 bits per heavy atom. The Balaban J connectivity index is 1.69. The van der Waals surface area contributed by atoms with E-state index >= 15 is 0 Å². The maximum absolute atomic E-state index is 12.0. The first-order valence-corrected chi connectivity index (χ1v) is 9.24. The lowest BCUT2D eigenvalue weighted by atomic mass is 10.1. The van der Waals surface area contributed by atoms with Gasteiger partial charge in [-0.05, 0) is 51.5 Å². The molecule has 0 spiro atoms. The largest absolute Gasteiger partial charge is 0.480 e. The van der Waals surface area contributed by atoms with E-state index in [9.17, 15) is 14.4 Å². The third-order valence-electron chi connectivity index (χ3n) is 4.74. The number of rotatable bonds is 7. The van der Waals surface area contributed by atoms with Crippen LogP contribution in [-0.4, -0.2) is 72.1 Å². The summed E-state index contributed by atoms with van der Waals surface area (Å²) in [5, 5.41) is 13.9. The number of likely N-dealkylation sites (tertiary alicyclic amines) is 1. The Bertz CT molecular complexity index is 638. The van der Waals surface area contributed by atoms with Crippen LogP contribution in [0.25, 0.3) is 0 Å². The number of nitrogens with one attached hydrogen (secondary N) is 2. The number of likely N-dealkylation sites (N-methyl/N-ethyl adjacent to an activating group) is 1. The number of hydrogen-bond donors (Lipinski definition) is 3. The number of carbonyl (C=O) groups excluding carboxylic acids is 2. The van der Waals surface area contributed by atoms with Crippen molar-refractivity contribution in [2.75, 3.05) is 38.5 Å². The van der Waals surface area contributed by atoms with Gasteiger partial charge in [-0.2, -0.15) is 0 Å². The van der Waals surface area contributed by atoms with Crippen molar-refractivity contribution in [3.63, 3.8) is 0 Å². The van der Waals surface area contributed by atoms with Crippen LogP contribution < -0.4 is 10.6 Å². The molecule has 1 aromatic rings. The molecule has 148 valence electrons. The van der Waals surface area contributed by atoms with Crippen LogP contribution in [-0.2, 0) is 9.59 Å². The van der Waals surface area contributed by atoms with Gasteiger partial charge in [0.05, 0.1) is 6.54 Å². The van der Waals surface area contributed by atoms with E-state index < -0.39 is 12.0 Å². The second-order valence-electron chi connectivity index (χ2n) is 6.85. The fourth-order valence-electron chi connectivity index (χ4n) is 3.28. The first kappa shape index (κ1) is 20.9. The molecule has 1 unspecified atom stereocenters. The van der Waals surface area contributed by atoms with Crippen LogP contribution in [0.5, 0.6) is 0 Å². The zero-order valence-corrected chi connectivity index (χ0v) is 15.7. The van der Waals surface area contributed by atoms with Crippen molar-refractivity contribution < 1.29 is 19.5 Å². The lowest BCUT2D eigenvalue weighted by Crippen LogP contribution is -2.38. The predicted octanol–water partition coefficient (Wildman–Crippen LogP) is 1.60. The number of carboxylic acid groups (broad SMARTS) is 1. The third kappa shape index (κ3) is 7.76. The van der Waals surface area contributed by atoms with Gasteiger partial charge in [0.15, 0.2) is 0 Å². The SMILES string of the molecule is CN(CC(=O)O)C1CCCN(CCC(=O)NC(=O)Nc2ccccc2)CC1. The van der Waals surface area contributed by atoms with Crippen molar-refractivity contribution in [1.29, 1.82) is 0 Å². The Kier molecular flexibility index (Phi) is 8.22. The summed E-state index contributed by atoms with van der Waals surface area (Å²) in [5.41, 5.74) is 0.631. The molecule has 1 atom stereocenters. The van der Waals surface area contributed by atoms with Gasteiger partial charge in [0.1, 0.15) is 0 Å². The minimum Gasteiger partial charge on any atom is -0.480 e. The van der Waals surface area contributed by atoms with E-state index in [1.807, 2.05) is 18.0 Å². The number of hydrogen-bond acceptors (Lipinski definition) is 5. The van der Waals surface area contributed by atoms with Gasteiger partial charge >= 0.3 is 12.0 Å². The Labute approximate surface area is 159 Å². The van der Waals surface area contributed by atoms with Crippen LogP contribution in [0, 0.1) is 0 Å². The van der Waals surface area contributed by atoms with Gasteiger partial charge in [-0.3, -0.25) is 19.8 Å². The highest BCUT2D eigenvalue weighted by Crippen LogP contribution is 2.16. The molecule has 0 aromatic heterocycles. The highest BCUT2D eigenvalue weighted by Gasteiger charge is 2.22. The van der Waals surface area contributed by atoms with E-state index in [1.165, 1.54) is 0 Å². The molecule has 27 heavy (non-hydrogen) atoms. The standard InChI is InChI=1S/C19H28N4O4/c1-22(14-18(25)26)16-8-5-11-23(12-9-16)13-10-17(24)21-19(27)20-15-6-3-2-4-7-15/h2-4,6-7,16H,5,8-14H2,1H3,(H,25,26)(H2,20,21,24,27). The van der Waals surface area contributed by atoms with Crippen LogP contribution in [0.1, 0.15) is 25.7 Å². The molecule has 8 nitrogen and oxygen atoms in total. The summed E-state index contributed by atoms with van der Waals surface area (Å²) in [6.45, 7) is 2.32. The number of anilines is 1. The van der Waals surface area contributed by atoms with Crippen molar-refractivity contribution in [2.24, 2.45) is 0 Å². The fourth-order valence-corrected chi connectivity index (χ4v) is 3.28. The van der Waals surface area contributed by atoms with Crippen molar-refractivity contribution in [2.45, 2.75) is 31.7 Å². The molecule has 1 aliphatic rings. The van der Waals surface area contributed by atoms with E-state index in [-0.39, 0.29) is 24.9 Å². The van der Waals surface area contributed by atoms with Crippen molar-refractivity contribution in [1.82, 2.24) is 15.1 Å². The van der Waals surface area contributed by atoms with Crippen molar-refractivity contribution >= 4 is 23.6 Å². The summed E-state index contributed by atoms with van der Waals surface area (Å²) < 4.78 is 0. The molecular formula is C19H28N4O4. The van der Waals surface area contributed by atoms with E-state index in [0.29, 0.717) is 12.2 Å². The summed E-state index contributed by atoms with van der Waals surface area (Å²) in [7, 11) is 1.84. The number of imide groups is 1. The van der Waals surface area contributed by atoms with Crippen molar-refractivity contribution in [3.05, 3.63) is 30.3 Å². The molecule has 8 heteroatoms. The molecule has 1 aromatic carbocycles. The number of benzene rings is 1. The van der Waals surface area contributed by atoms with Crippen LogP contribution in [0.4, 0.5) is 10.5 Å². The lowest BCUT2D eigenvalue weighted by Gasteiger charge is -2.25. The number of urea groups is 1. The highest BCUT2D eigenvalue weighted by atomic mass is 16.4. The molecule has 3 amide bonds. The molecule has 0 aliphatic carbocycles. The molecule has 2 rings (SSSR count). The van der Waals surface area contributed by atoms with E-state index in [0.717, 1.165) is 32.4 Å². The molecule has 0 bridgehead atoms. The molecule has 1 heterocycles. The monoisotopic (exact) mass is 376 g/mol. The van der Waals surface area contributed by atoms with E-state index in [4.69, 9.17) is 5.11 Å². The van der Waals surface area contributed by atoms with Gasteiger partial charge in [0.25, 0.3) is 0 Å². The third-order valence-corrected chi connectivity index (χ3v) is 4.74. The van der Waals surface area contributed by atoms with Crippen LogP contribution in [0.15, 0.2) is 30.3 Å². The van der Waals surface area contributed by atoms with Crippen LogP contribution in [0.2, 0.25) is 0 Å². The maximum Gasteiger partial charge on any atom is 0.325 e. The summed E-state index contributed by atoms with van der Waals surface area (Å²) in [6, 6.07) is 8.67. The number of carboxylic acids is 1. The van der Waals surface area contributed by atoms with Crippen LogP contribution >= 0.6 is 0 Å². The van der Waals surface area contributed by atoms with Gasteiger partial charge in [0.2, 0.25) is 5.91 Å². The zero-order valence-electron chi connectivity index (χ0n) is 15.7. The first-order chi connectivity index (χ1) is 12.9. The normalized spacial score (nSPS) is 17.9. The molecule has 0 saturated carbocycles. The molecule has 1 fully saturated rings. The zero-order chi connectivity index (χ0) is 19.6. The van der Waals surface area contributed by atoms with Gasteiger partial charge in [-0.15, -0.1) is 0 Å². The number of para-hydroxylation sites is 1. The van der Waals surface area contributed by atoms with Gasteiger partial charge < -0.3 is 15.3 Å². The lowest BCUT2D eigenvalue weighted by molar-refractivity contribution is -0.138. The molecule has 1 aliphatic heterocycles. The number of carbonyl (C=O) groups is 3. The predicted molar refractivity (Wildman–Crippen MR) is 103 cm³/mol. The number of nitrogens with zero attached hydrogens (tertiary/aromatic N) is 2. The minimum atomic E-state index is -0.816. The fraction of sp³-hybridized carbons (Fsp3) is 0.526. The molecule has 1 saturated heterocycles. The molecule has 0 radical (unpaired) electrons. The second-order valence-corrected chi connectivity index (χ2v) is 6.85. The number of aliphatic carboxylic acids is 1. The smallest absolute Gasteiger partial charge is 0.325 e. The minimum absolute atomic E-state index is 0.0452. The summed E-state index contributed by atoms with van der Waals surface area (Å²) >= 11 is 0. The molecule has 3 N–H and O–H groups in total. The Hall–Kier alpha value is -2.45. The maximum atomic E-state index is 12.0. The number of amides is 3. The van der Waals surface area contributed by atoms with Gasteiger partial charge in [0, 0.05) is 24.7 Å². The van der Waals surface area contributed by atoms with Gasteiger partial charge in [-0.1, -0.05) is 18.2 Å². The summed E-state index contributed by atoms with van der Waals surface area (Å²) in [4.78, 5) is 38.8. The highest BCUT2D eigenvalue weighted by molar-refractivity contribution is 6.01. The van der Waals surface area contributed by atoms with Crippen molar-refractivity contribution in [3.8, 4) is 0 Å². The second kappa shape index (κ2) is 10.6. The van der Waals surface area contributed by atoms with E-state index in [1.54, 1.807) is 24.3 Å². The quantitative estimate of drug-likeness (QED) is 0.668. The van der Waals surface area contributed by atoms with E-state index in [2.05, 4.69) is 15.5 Å². The Morgan fingerprint density at radius 1 is 1.19 bits per heavy atom. The summed E-state index contributed by atoms with van der Waals surface area (Å²) in [6.07, 6.45) is 3.04. The topological polar surface area (TPSA) is 102 Å². The van der Waals surface area contributed by atoms with Gasteiger partial charge in [-0.25, -0.2) is 4.79 Å². The summed E-state index contributed by atoms with van der Waals surface area (Å²) in [5.74, 6) is -1.13. The molecular weight excluding hydrogens is 348 g/mol. The Morgan fingerprint density at radius 3 is 2.63 bits per heavy atom. The van der Waals surface area contributed by atoms with Crippen LogP contribution in [0.3, 0.4) is 0 Å². The first-order valence-electron chi connectivity index (χ1n) is 9.24.